The van der Waals surface area contributed by atoms with E-state index in [1.165, 1.54) is 10.6 Å². The van der Waals surface area contributed by atoms with Crippen LogP contribution in [0.2, 0.25) is 0 Å². The maximum atomic E-state index is 5.74. The number of nitrogens with two attached hydrogens (primary N) is 1. The van der Waals surface area contributed by atoms with Crippen molar-refractivity contribution in [3.8, 4) is 0 Å². The normalized spacial score (nSPS) is 13.7. The fourth-order valence-electron chi connectivity index (χ4n) is 1.53. The van der Waals surface area contributed by atoms with Gasteiger partial charge in [-0.3, -0.25) is 4.40 Å². The molecule has 2 rings (SSSR count). The lowest BCUT2D eigenvalue weighted by Gasteiger charge is -1.99. The van der Waals surface area contributed by atoms with Crippen LogP contribution in [-0.2, 0) is 6.42 Å². The lowest BCUT2D eigenvalue weighted by atomic mass is 10.2. The highest BCUT2D eigenvalue weighted by Gasteiger charge is 2.09. The van der Waals surface area contributed by atoms with E-state index in [0.29, 0.717) is 0 Å². The smallest absolute Gasteiger partial charge is 0.194 e. The highest BCUT2D eigenvalue weighted by atomic mass is 32.1. The molecule has 0 radical (unpaired) electrons. The summed E-state index contributed by atoms with van der Waals surface area (Å²) in [6.45, 7) is 6.25. The average Bonchev–Trinajstić information content (AvgIpc) is 2.54. The summed E-state index contributed by atoms with van der Waals surface area (Å²) < 4.78 is 2.15. The Kier molecular flexibility index (Phi) is 2.33. The molecule has 0 fully saturated rings. The molecule has 0 aliphatic rings. The largest absolute Gasteiger partial charge is 0.328 e. The third-order valence-corrected chi connectivity index (χ3v) is 3.44. The van der Waals surface area contributed by atoms with Crippen LogP contribution in [0.25, 0.3) is 4.96 Å². The Balaban J connectivity index is 2.43. The van der Waals surface area contributed by atoms with Gasteiger partial charge in [-0.2, -0.15) is 0 Å². The van der Waals surface area contributed by atoms with E-state index in [1.54, 1.807) is 11.3 Å². The summed E-state index contributed by atoms with van der Waals surface area (Å²) >= 11 is 1.74. The Morgan fingerprint density at radius 1 is 1.57 bits per heavy atom. The van der Waals surface area contributed by atoms with E-state index in [0.717, 1.165) is 17.1 Å². The van der Waals surface area contributed by atoms with Crippen LogP contribution in [0, 0.1) is 13.8 Å². The molecule has 2 aromatic heterocycles. The molecule has 14 heavy (non-hydrogen) atoms. The first kappa shape index (κ1) is 9.68. The summed E-state index contributed by atoms with van der Waals surface area (Å²) in [5.74, 6) is 0. The number of aromatic nitrogens is 2. The number of rotatable bonds is 2. The number of imidazole rings is 1. The molecule has 4 heteroatoms. The Hall–Kier alpha value is -0.870. The van der Waals surface area contributed by atoms with Gasteiger partial charge in [-0.1, -0.05) is 0 Å². The van der Waals surface area contributed by atoms with E-state index < -0.39 is 0 Å². The summed E-state index contributed by atoms with van der Waals surface area (Å²) in [5.41, 5.74) is 8.11. The van der Waals surface area contributed by atoms with E-state index in [9.17, 15) is 0 Å². The van der Waals surface area contributed by atoms with Gasteiger partial charge in [0.15, 0.2) is 4.96 Å². The standard InChI is InChI=1S/C10H15N3S/c1-6(11)4-9-5-13-7(2)8(3)14-10(13)12-9/h5-6H,4,11H2,1-3H3. The molecular weight excluding hydrogens is 194 g/mol. The van der Waals surface area contributed by atoms with Crippen LogP contribution >= 0.6 is 11.3 Å². The number of fused-ring (bicyclic) bond motifs is 1. The van der Waals surface area contributed by atoms with Gasteiger partial charge in [0, 0.05) is 29.2 Å². The zero-order valence-electron chi connectivity index (χ0n) is 8.74. The van der Waals surface area contributed by atoms with Gasteiger partial charge in [0.1, 0.15) is 0 Å². The molecule has 0 aliphatic carbocycles. The van der Waals surface area contributed by atoms with E-state index in [4.69, 9.17) is 5.73 Å². The van der Waals surface area contributed by atoms with Crippen LogP contribution in [0.4, 0.5) is 0 Å². The van der Waals surface area contributed by atoms with Gasteiger partial charge in [-0.15, -0.1) is 11.3 Å². The summed E-state index contributed by atoms with van der Waals surface area (Å²) in [6, 6.07) is 0.181. The number of nitrogens with zero attached hydrogens (tertiary/aromatic N) is 2. The number of thiazole rings is 1. The molecular formula is C10H15N3S. The molecule has 3 nitrogen and oxygen atoms in total. The molecule has 2 N–H and O–H groups in total. The van der Waals surface area contributed by atoms with Gasteiger partial charge in [0.2, 0.25) is 0 Å². The van der Waals surface area contributed by atoms with Crippen molar-refractivity contribution in [2.45, 2.75) is 33.2 Å². The van der Waals surface area contributed by atoms with Crippen molar-refractivity contribution in [2.24, 2.45) is 5.73 Å². The van der Waals surface area contributed by atoms with Crippen LogP contribution in [0.15, 0.2) is 6.20 Å². The molecule has 76 valence electrons. The predicted molar refractivity (Wildman–Crippen MR) is 59.9 cm³/mol. The maximum Gasteiger partial charge on any atom is 0.194 e. The fraction of sp³-hybridized carbons (Fsp3) is 0.500. The third-order valence-electron chi connectivity index (χ3n) is 2.37. The highest BCUT2D eigenvalue weighted by molar-refractivity contribution is 7.17. The average molecular weight is 209 g/mol. The molecule has 2 aromatic rings. The van der Waals surface area contributed by atoms with Crippen LogP contribution < -0.4 is 5.73 Å². The van der Waals surface area contributed by atoms with Gasteiger partial charge in [-0.25, -0.2) is 4.98 Å². The van der Waals surface area contributed by atoms with Crippen molar-refractivity contribution in [3.05, 3.63) is 22.5 Å². The van der Waals surface area contributed by atoms with Crippen molar-refractivity contribution in [1.82, 2.24) is 9.38 Å². The first-order valence-corrected chi connectivity index (χ1v) is 5.59. The quantitative estimate of drug-likeness (QED) is 0.821. The predicted octanol–water partition coefficient (Wildman–Crippen LogP) is 1.90. The molecule has 0 aliphatic heterocycles. The zero-order chi connectivity index (χ0) is 10.3. The minimum Gasteiger partial charge on any atom is -0.328 e. The first-order chi connectivity index (χ1) is 6.58. The van der Waals surface area contributed by atoms with Crippen molar-refractivity contribution in [2.75, 3.05) is 0 Å². The number of hydrogen-bond donors (Lipinski definition) is 1. The molecule has 0 saturated carbocycles. The number of hydrogen-bond acceptors (Lipinski definition) is 3. The van der Waals surface area contributed by atoms with Crippen LogP contribution in [0.1, 0.15) is 23.2 Å². The van der Waals surface area contributed by atoms with Gasteiger partial charge in [0.25, 0.3) is 0 Å². The van der Waals surface area contributed by atoms with E-state index in [1.807, 2.05) is 6.92 Å². The Morgan fingerprint density at radius 2 is 2.29 bits per heavy atom. The minimum atomic E-state index is 0.181. The second-order valence-corrected chi connectivity index (χ2v) is 4.99. The molecule has 1 atom stereocenters. The number of aryl methyl sites for hydroxylation is 2. The first-order valence-electron chi connectivity index (χ1n) is 4.77. The monoisotopic (exact) mass is 209 g/mol. The minimum absolute atomic E-state index is 0.181. The lowest BCUT2D eigenvalue weighted by molar-refractivity contribution is 0.726. The summed E-state index contributed by atoms with van der Waals surface area (Å²) in [4.78, 5) is 6.95. The molecule has 0 aromatic carbocycles. The molecule has 0 saturated heterocycles. The molecule has 0 bridgehead atoms. The Morgan fingerprint density at radius 3 is 2.86 bits per heavy atom. The van der Waals surface area contributed by atoms with Crippen molar-refractivity contribution in [3.63, 3.8) is 0 Å². The fourth-order valence-corrected chi connectivity index (χ4v) is 2.50. The topological polar surface area (TPSA) is 43.3 Å². The third kappa shape index (κ3) is 1.55. The van der Waals surface area contributed by atoms with Gasteiger partial charge < -0.3 is 5.73 Å². The van der Waals surface area contributed by atoms with Crippen molar-refractivity contribution in [1.29, 1.82) is 0 Å². The van der Waals surface area contributed by atoms with Gasteiger partial charge in [0.05, 0.1) is 5.69 Å². The zero-order valence-corrected chi connectivity index (χ0v) is 9.56. The van der Waals surface area contributed by atoms with Crippen molar-refractivity contribution < 1.29 is 0 Å². The van der Waals surface area contributed by atoms with Crippen LogP contribution in [0.3, 0.4) is 0 Å². The second-order valence-electron chi connectivity index (χ2n) is 3.81. The molecule has 0 amide bonds. The highest BCUT2D eigenvalue weighted by Crippen LogP contribution is 2.21. The van der Waals surface area contributed by atoms with E-state index >= 15 is 0 Å². The molecule has 0 spiro atoms. The van der Waals surface area contributed by atoms with Crippen molar-refractivity contribution >= 4 is 16.3 Å². The maximum absolute atomic E-state index is 5.74. The SMILES string of the molecule is Cc1sc2nc(CC(C)N)cn2c1C. The van der Waals surface area contributed by atoms with Gasteiger partial charge >= 0.3 is 0 Å². The molecule has 2 heterocycles. The summed E-state index contributed by atoms with van der Waals surface area (Å²) in [7, 11) is 0. The second kappa shape index (κ2) is 3.37. The summed E-state index contributed by atoms with van der Waals surface area (Å²) in [5, 5.41) is 0. The molecule has 1 unspecified atom stereocenters. The van der Waals surface area contributed by atoms with Crippen LogP contribution in [-0.4, -0.2) is 15.4 Å². The summed E-state index contributed by atoms with van der Waals surface area (Å²) in [6.07, 6.45) is 2.95. The lowest BCUT2D eigenvalue weighted by Crippen LogP contribution is -2.17. The van der Waals surface area contributed by atoms with E-state index in [2.05, 4.69) is 29.4 Å². The van der Waals surface area contributed by atoms with Crippen LogP contribution in [0.5, 0.6) is 0 Å². The Labute approximate surface area is 87.6 Å². The van der Waals surface area contributed by atoms with E-state index in [-0.39, 0.29) is 6.04 Å². The Bertz CT molecular complexity index is 453. The van der Waals surface area contributed by atoms with Gasteiger partial charge in [-0.05, 0) is 20.8 Å².